The van der Waals surface area contributed by atoms with Crippen LogP contribution in [0.2, 0.25) is 0 Å². The Hall–Kier alpha value is -0.570. The van der Waals surface area contributed by atoms with Gasteiger partial charge in [-0.25, -0.2) is 0 Å². The summed E-state index contributed by atoms with van der Waals surface area (Å²) in [6.07, 6.45) is 3.02. The summed E-state index contributed by atoms with van der Waals surface area (Å²) in [6.45, 7) is 4.98. The minimum absolute atomic E-state index is 0.274. The summed E-state index contributed by atoms with van der Waals surface area (Å²) >= 11 is 0. The average Bonchev–Trinajstić information content (AvgIpc) is 2.84. The van der Waals surface area contributed by atoms with Crippen LogP contribution in [0.15, 0.2) is 0 Å². The molecule has 1 fully saturated rings. The van der Waals surface area contributed by atoms with Gasteiger partial charge >= 0.3 is 0 Å². The number of rotatable bonds is 5. The van der Waals surface area contributed by atoms with Crippen LogP contribution in [0.5, 0.6) is 0 Å². The summed E-state index contributed by atoms with van der Waals surface area (Å²) in [4.78, 5) is 13.4. The van der Waals surface area contributed by atoms with Crippen molar-refractivity contribution in [2.24, 2.45) is 0 Å². The summed E-state index contributed by atoms with van der Waals surface area (Å²) in [5.41, 5.74) is 0. The van der Waals surface area contributed by atoms with E-state index in [1.54, 1.807) is 0 Å². The van der Waals surface area contributed by atoms with Gasteiger partial charge in [0.05, 0.1) is 0 Å². The first-order valence-corrected chi connectivity index (χ1v) is 5.10. The highest BCUT2D eigenvalue weighted by Crippen LogP contribution is 2.25. The zero-order valence-electron chi connectivity index (χ0n) is 8.84. The number of nitrogens with one attached hydrogen (secondary N) is 1. The number of hydrogen-bond acceptors (Lipinski definition) is 2. The van der Waals surface area contributed by atoms with Crippen molar-refractivity contribution in [3.05, 3.63) is 0 Å². The normalized spacial score (nSPS) is 16.3. The molecule has 13 heavy (non-hydrogen) atoms. The SMILES string of the molecule is CC(C)NCCC(=O)N(C)C1CC1. The van der Waals surface area contributed by atoms with Crippen LogP contribution in [0.3, 0.4) is 0 Å². The summed E-state index contributed by atoms with van der Waals surface area (Å²) in [6, 6.07) is 1.02. The van der Waals surface area contributed by atoms with Crippen LogP contribution in [-0.2, 0) is 4.79 Å². The Kier molecular flexibility index (Phi) is 3.72. The van der Waals surface area contributed by atoms with Gasteiger partial charge in [-0.1, -0.05) is 13.8 Å². The number of carbonyl (C=O) groups excluding carboxylic acids is 1. The van der Waals surface area contributed by atoms with Gasteiger partial charge in [0.15, 0.2) is 0 Å². The lowest BCUT2D eigenvalue weighted by molar-refractivity contribution is -0.130. The molecule has 0 atom stereocenters. The smallest absolute Gasteiger partial charge is 0.223 e. The molecule has 1 aliphatic rings. The number of hydrogen-bond donors (Lipinski definition) is 1. The third-order valence-corrected chi connectivity index (χ3v) is 2.38. The first-order valence-electron chi connectivity index (χ1n) is 5.10. The molecule has 0 unspecified atom stereocenters. The quantitative estimate of drug-likeness (QED) is 0.691. The number of carbonyl (C=O) groups is 1. The van der Waals surface area contributed by atoms with Crippen LogP contribution in [0.25, 0.3) is 0 Å². The van der Waals surface area contributed by atoms with E-state index in [1.165, 1.54) is 12.8 Å². The molecular weight excluding hydrogens is 164 g/mol. The maximum atomic E-state index is 11.5. The molecule has 3 heteroatoms. The maximum Gasteiger partial charge on any atom is 0.223 e. The molecule has 0 aromatic carbocycles. The van der Waals surface area contributed by atoms with Crippen LogP contribution in [0.4, 0.5) is 0 Å². The van der Waals surface area contributed by atoms with Crippen LogP contribution < -0.4 is 5.32 Å². The molecule has 0 aromatic heterocycles. The van der Waals surface area contributed by atoms with E-state index >= 15 is 0 Å². The van der Waals surface area contributed by atoms with Gasteiger partial charge in [-0.05, 0) is 12.8 Å². The van der Waals surface area contributed by atoms with Gasteiger partial charge in [0.1, 0.15) is 0 Å². The van der Waals surface area contributed by atoms with E-state index in [0.717, 1.165) is 6.54 Å². The predicted octanol–water partition coefficient (Wildman–Crippen LogP) is 0.995. The molecule has 1 aliphatic carbocycles. The van der Waals surface area contributed by atoms with Crippen molar-refractivity contribution in [1.82, 2.24) is 10.2 Å². The molecule has 0 heterocycles. The molecule has 1 rings (SSSR count). The first kappa shape index (κ1) is 10.5. The molecule has 0 spiro atoms. The fraction of sp³-hybridized carbons (Fsp3) is 0.900. The van der Waals surface area contributed by atoms with Crippen molar-refractivity contribution in [3.8, 4) is 0 Å². The van der Waals surface area contributed by atoms with Crippen LogP contribution in [0.1, 0.15) is 33.1 Å². The Labute approximate surface area is 80.5 Å². The lowest BCUT2D eigenvalue weighted by Gasteiger charge is -2.16. The molecular formula is C10H20N2O. The average molecular weight is 184 g/mol. The molecule has 1 N–H and O–H groups in total. The summed E-state index contributed by atoms with van der Waals surface area (Å²) in [7, 11) is 1.91. The molecule has 0 bridgehead atoms. The molecule has 76 valence electrons. The molecule has 0 radical (unpaired) electrons. The summed E-state index contributed by atoms with van der Waals surface area (Å²) < 4.78 is 0. The van der Waals surface area contributed by atoms with E-state index in [9.17, 15) is 4.79 Å². The highest BCUT2D eigenvalue weighted by molar-refractivity contribution is 5.76. The Morgan fingerprint density at radius 1 is 1.54 bits per heavy atom. The van der Waals surface area contributed by atoms with Crippen molar-refractivity contribution in [2.45, 2.75) is 45.2 Å². The molecule has 0 aromatic rings. The van der Waals surface area contributed by atoms with Crippen molar-refractivity contribution in [2.75, 3.05) is 13.6 Å². The van der Waals surface area contributed by atoms with Gasteiger partial charge in [-0.15, -0.1) is 0 Å². The largest absolute Gasteiger partial charge is 0.343 e. The lowest BCUT2D eigenvalue weighted by atomic mass is 10.3. The van der Waals surface area contributed by atoms with Crippen molar-refractivity contribution in [3.63, 3.8) is 0 Å². The van der Waals surface area contributed by atoms with Crippen LogP contribution >= 0.6 is 0 Å². The third kappa shape index (κ3) is 3.77. The van der Waals surface area contributed by atoms with Crippen LogP contribution in [-0.4, -0.2) is 36.5 Å². The highest BCUT2D eigenvalue weighted by atomic mass is 16.2. The van der Waals surface area contributed by atoms with Gasteiger partial charge in [0, 0.05) is 32.1 Å². The number of nitrogens with zero attached hydrogens (tertiary/aromatic N) is 1. The summed E-state index contributed by atoms with van der Waals surface area (Å²) in [5, 5.41) is 3.24. The van der Waals surface area contributed by atoms with Crippen molar-refractivity contribution < 1.29 is 4.79 Å². The van der Waals surface area contributed by atoms with E-state index in [0.29, 0.717) is 18.5 Å². The van der Waals surface area contributed by atoms with E-state index in [4.69, 9.17) is 0 Å². The topological polar surface area (TPSA) is 32.3 Å². The van der Waals surface area contributed by atoms with E-state index in [-0.39, 0.29) is 5.91 Å². The second-order valence-corrected chi connectivity index (χ2v) is 4.09. The highest BCUT2D eigenvalue weighted by Gasteiger charge is 2.28. The first-order chi connectivity index (χ1) is 6.11. The van der Waals surface area contributed by atoms with Crippen LogP contribution in [0, 0.1) is 0 Å². The van der Waals surface area contributed by atoms with Crippen molar-refractivity contribution in [1.29, 1.82) is 0 Å². The van der Waals surface area contributed by atoms with E-state index in [1.807, 2.05) is 11.9 Å². The minimum Gasteiger partial charge on any atom is -0.343 e. The van der Waals surface area contributed by atoms with Gasteiger partial charge < -0.3 is 10.2 Å². The Morgan fingerprint density at radius 3 is 2.62 bits per heavy atom. The Morgan fingerprint density at radius 2 is 2.15 bits per heavy atom. The standard InChI is InChI=1S/C10H20N2O/c1-8(2)11-7-6-10(13)12(3)9-4-5-9/h8-9,11H,4-7H2,1-3H3. The second-order valence-electron chi connectivity index (χ2n) is 4.09. The minimum atomic E-state index is 0.274. The van der Waals surface area contributed by atoms with Gasteiger partial charge in [0.2, 0.25) is 5.91 Å². The maximum absolute atomic E-state index is 11.5. The Balaban J connectivity index is 2.09. The fourth-order valence-electron chi connectivity index (χ4n) is 1.31. The zero-order chi connectivity index (χ0) is 9.84. The van der Waals surface area contributed by atoms with E-state index in [2.05, 4.69) is 19.2 Å². The molecule has 3 nitrogen and oxygen atoms in total. The third-order valence-electron chi connectivity index (χ3n) is 2.38. The van der Waals surface area contributed by atoms with E-state index < -0.39 is 0 Å². The van der Waals surface area contributed by atoms with Crippen molar-refractivity contribution >= 4 is 5.91 Å². The second kappa shape index (κ2) is 4.61. The van der Waals surface area contributed by atoms with Gasteiger partial charge in [-0.2, -0.15) is 0 Å². The fourth-order valence-corrected chi connectivity index (χ4v) is 1.31. The monoisotopic (exact) mass is 184 g/mol. The molecule has 0 saturated heterocycles. The molecule has 0 aliphatic heterocycles. The van der Waals surface area contributed by atoms with Gasteiger partial charge in [-0.3, -0.25) is 4.79 Å². The molecule has 1 saturated carbocycles. The Bertz CT molecular complexity index is 176. The summed E-state index contributed by atoms with van der Waals surface area (Å²) in [5.74, 6) is 0.274. The molecule has 1 amide bonds. The zero-order valence-corrected chi connectivity index (χ0v) is 8.84. The number of amides is 1. The predicted molar refractivity (Wildman–Crippen MR) is 53.5 cm³/mol. The lowest BCUT2D eigenvalue weighted by Crippen LogP contribution is -2.33. The van der Waals surface area contributed by atoms with Gasteiger partial charge in [0.25, 0.3) is 0 Å².